The molecule has 168 valence electrons. The summed E-state index contributed by atoms with van der Waals surface area (Å²) in [7, 11) is 0. The number of rotatable bonds is 6. The molecule has 0 saturated carbocycles. The fraction of sp³-hybridized carbons (Fsp3) is 0.280. The number of benzene rings is 1. The normalized spacial score (nSPS) is 16.6. The van der Waals surface area contributed by atoms with Gasteiger partial charge in [-0.25, -0.2) is 9.59 Å². The number of hydrogen-bond donors (Lipinski definition) is 1. The Bertz CT molecular complexity index is 1250. The Balaban J connectivity index is 1.78. The van der Waals surface area contributed by atoms with Crippen molar-refractivity contribution in [2.24, 2.45) is 0 Å². The standard InChI is InChI=1S/C25H22N2O5S/c1-2-32-25(31)20-17(12-14-9-11-33-13-14)26-22-18-4-3-10-27(18)23(28)21(22)19(20)15-5-7-16(8-6-15)24(29)30/h5-9,11,13,18H,2-4,10,12H2,1H3,(H,29,30)/t18-/m0/s1. The van der Waals surface area contributed by atoms with E-state index in [-0.39, 0.29) is 29.7 Å². The second kappa shape index (κ2) is 8.44. The summed E-state index contributed by atoms with van der Waals surface area (Å²) >= 11 is 1.57. The molecule has 5 rings (SSSR count). The zero-order valence-corrected chi connectivity index (χ0v) is 18.9. The van der Waals surface area contributed by atoms with Crippen molar-refractivity contribution in [2.75, 3.05) is 13.2 Å². The third-order valence-corrected chi connectivity index (χ3v) is 6.93. The van der Waals surface area contributed by atoms with Gasteiger partial charge in [-0.15, -0.1) is 0 Å². The van der Waals surface area contributed by atoms with Gasteiger partial charge in [-0.3, -0.25) is 9.78 Å². The lowest BCUT2D eigenvalue weighted by molar-refractivity contribution is 0.0525. The van der Waals surface area contributed by atoms with Gasteiger partial charge < -0.3 is 14.7 Å². The van der Waals surface area contributed by atoms with Gasteiger partial charge in [0.15, 0.2) is 0 Å². The molecule has 1 aromatic carbocycles. The first-order chi connectivity index (χ1) is 16.0. The fourth-order valence-electron chi connectivity index (χ4n) is 4.76. The minimum absolute atomic E-state index is 0.0954. The van der Waals surface area contributed by atoms with Crippen molar-refractivity contribution in [1.29, 1.82) is 0 Å². The molecule has 4 heterocycles. The first-order valence-corrected chi connectivity index (χ1v) is 11.8. The highest BCUT2D eigenvalue weighted by Gasteiger charge is 2.44. The molecule has 0 bridgehead atoms. The lowest BCUT2D eigenvalue weighted by atomic mass is 9.89. The molecule has 2 aromatic heterocycles. The third-order valence-electron chi connectivity index (χ3n) is 6.20. The summed E-state index contributed by atoms with van der Waals surface area (Å²) in [6.07, 6.45) is 2.19. The van der Waals surface area contributed by atoms with Crippen LogP contribution in [0.5, 0.6) is 0 Å². The minimum atomic E-state index is -1.04. The van der Waals surface area contributed by atoms with Crippen LogP contribution in [0.1, 0.15) is 73.8 Å². The predicted molar refractivity (Wildman–Crippen MR) is 123 cm³/mol. The minimum Gasteiger partial charge on any atom is -0.478 e. The van der Waals surface area contributed by atoms with Crippen molar-refractivity contribution in [2.45, 2.75) is 32.2 Å². The van der Waals surface area contributed by atoms with Gasteiger partial charge in [0.1, 0.15) is 0 Å². The van der Waals surface area contributed by atoms with E-state index in [4.69, 9.17) is 9.72 Å². The zero-order chi connectivity index (χ0) is 23.1. The van der Waals surface area contributed by atoms with E-state index >= 15 is 0 Å². The molecule has 33 heavy (non-hydrogen) atoms. The van der Waals surface area contributed by atoms with Crippen LogP contribution in [0.15, 0.2) is 41.1 Å². The van der Waals surface area contributed by atoms with Crippen LogP contribution in [0.25, 0.3) is 11.1 Å². The second-order valence-corrected chi connectivity index (χ2v) is 8.92. The highest BCUT2D eigenvalue weighted by molar-refractivity contribution is 7.07. The molecule has 1 fully saturated rings. The number of hydrogen-bond acceptors (Lipinski definition) is 6. The summed E-state index contributed by atoms with van der Waals surface area (Å²) in [4.78, 5) is 44.8. The van der Waals surface area contributed by atoms with Crippen LogP contribution in [0, 0.1) is 0 Å². The SMILES string of the molecule is CCOC(=O)c1c(Cc2ccsc2)nc2c(c1-c1ccc(C(=O)O)cc1)C(=O)N1CCC[C@@H]21. The Kier molecular flexibility index (Phi) is 5.46. The number of aromatic carboxylic acids is 1. The van der Waals surface area contributed by atoms with E-state index < -0.39 is 11.9 Å². The number of pyridine rings is 1. The molecule has 0 aliphatic carbocycles. The molecule has 1 amide bonds. The number of carbonyl (C=O) groups excluding carboxylic acids is 2. The molecule has 3 aromatic rings. The predicted octanol–water partition coefficient (Wildman–Crippen LogP) is 4.57. The maximum atomic E-state index is 13.4. The molecule has 2 aliphatic heterocycles. The molecule has 0 radical (unpaired) electrons. The maximum absolute atomic E-state index is 13.4. The average Bonchev–Trinajstić information content (AvgIpc) is 3.54. The van der Waals surface area contributed by atoms with Crippen LogP contribution in [0.2, 0.25) is 0 Å². The molecule has 7 nitrogen and oxygen atoms in total. The average molecular weight is 463 g/mol. The molecule has 1 saturated heterocycles. The molecule has 8 heteroatoms. The Morgan fingerprint density at radius 2 is 2.00 bits per heavy atom. The lowest BCUT2D eigenvalue weighted by Gasteiger charge is -2.18. The Morgan fingerprint density at radius 1 is 1.21 bits per heavy atom. The summed E-state index contributed by atoms with van der Waals surface area (Å²) in [6, 6.07) is 8.15. The molecule has 0 spiro atoms. The number of fused-ring (bicyclic) bond motifs is 3. The van der Waals surface area contributed by atoms with Crippen molar-refractivity contribution in [3.63, 3.8) is 0 Å². The van der Waals surface area contributed by atoms with Crippen molar-refractivity contribution in [3.8, 4) is 11.1 Å². The van der Waals surface area contributed by atoms with Crippen LogP contribution in [0.3, 0.4) is 0 Å². The highest BCUT2D eigenvalue weighted by Crippen LogP contribution is 2.45. The number of carboxylic acid groups (broad SMARTS) is 1. The molecule has 1 N–H and O–H groups in total. The van der Waals surface area contributed by atoms with Gasteiger partial charge in [-0.1, -0.05) is 12.1 Å². The van der Waals surface area contributed by atoms with Gasteiger partial charge in [0.25, 0.3) is 5.91 Å². The molecule has 2 aliphatic rings. The van der Waals surface area contributed by atoms with Gasteiger partial charge in [-0.2, -0.15) is 11.3 Å². The molecule has 1 atom stereocenters. The number of nitrogens with zero attached hydrogens (tertiary/aromatic N) is 2. The van der Waals surface area contributed by atoms with Crippen molar-refractivity contribution >= 4 is 29.2 Å². The van der Waals surface area contributed by atoms with E-state index in [0.717, 1.165) is 18.4 Å². The fourth-order valence-corrected chi connectivity index (χ4v) is 5.42. The Morgan fingerprint density at radius 3 is 2.67 bits per heavy atom. The summed E-state index contributed by atoms with van der Waals surface area (Å²) in [5.41, 5.74) is 4.23. The number of aromatic nitrogens is 1. The Labute approximate surface area is 194 Å². The summed E-state index contributed by atoms with van der Waals surface area (Å²) in [6.45, 7) is 2.58. The monoisotopic (exact) mass is 462 g/mol. The summed E-state index contributed by atoms with van der Waals surface area (Å²) < 4.78 is 5.41. The van der Waals surface area contributed by atoms with E-state index in [9.17, 15) is 19.5 Å². The molecular weight excluding hydrogens is 440 g/mol. The van der Waals surface area contributed by atoms with Crippen molar-refractivity contribution in [3.05, 3.63) is 74.7 Å². The van der Waals surface area contributed by atoms with E-state index in [2.05, 4.69) is 0 Å². The van der Waals surface area contributed by atoms with Gasteiger partial charge in [0.2, 0.25) is 0 Å². The van der Waals surface area contributed by atoms with Crippen LogP contribution in [-0.2, 0) is 11.2 Å². The van der Waals surface area contributed by atoms with Crippen LogP contribution < -0.4 is 0 Å². The lowest BCUT2D eigenvalue weighted by Crippen LogP contribution is -2.23. The van der Waals surface area contributed by atoms with Gasteiger partial charge >= 0.3 is 11.9 Å². The largest absolute Gasteiger partial charge is 0.478 e. The van der Waals surface area contributed by atoms with Crippen molar-refractivity contribution < 1.29 is 24.2 Å². The first-order valence-electron chi connectivity index (χ1n) is 10.9. The van der Waals surface area contributed by atoms with E-state index in [1.54, 1.807) is 30.4 Å². The van der Waals surface area contributed by atoms with Crippen LogP contribution >= 0.6 is 11.3 Å². The summed E-state index contributed by atoms with van der Waals surface area (Å²) in [5, 5.41) is 13.3. The molecular formula is C25H22N2O5S. The first kappa shape index (κ1) is 21.3. The van der Waals surface area contributed by atoms with Crippen LogP contribution in [-0.4, -0.2) is 46.0 Å². The van der Waals surface area contributed by atoms with E-state index in [1.165, 1.54) is 12.1 Å². The quantitative estimate of drug-likeness (QED) is 0.539. The topological polar surface area (TPSA) is 96.8 Å². The second-order valence-electron chi connectivity index (χ2n) is 8.14. The van der Waals surface area contributed by atoms with Gasteiger partial charge in [-0.05, 0) is 59.9 Å². The summed E-state index contributed by atoms with van der Waals surface area (Å²) in [5.74, 6) is -1.71. The third kappa shape index (κ3) is 3.60. The number of carbonyl (C=O) groups is 3. The smallest absolute Gasteiger partial charge is 0.340 e. The maximum Gasteiger partial charge on any atom is 0.340 e. The number of amides is 1. The zero-order valence-electron chi connectivity index (χ0n) is 18.0. The number of esters is 1. The van der Waals surface area contributed by atoms with Crippen LogP contribution in [0.4, 0.5) is 0 Å². The number of thiophene rings is 1. The Hall–Kier alpha value is -3.52. The van der Waals surface area contributed by atoms with Crippen molar-refractivity contribution in [1.82, 2.24) is 9.88 Å². The van der Waals surface area contributed by atoms with E-state index in [1.807, 2.05) is 21.7 Å². The highest BCUT2D eigenvalue weighted by atomic mass is 32.1. The molecule has 0 unspecified atom stereocenters. The number of carboxylic acids is 1. The van der Waals surface area contributed by atoms with Gasteiger partial charge in [0, 0.05) is 18.5 Å². The van der Waals surface area contributed by atoms with Gasteiger partial charge in [0.05, 0.1) is 40.7 Å². The number of ether oxygens (including phenoxy) is 1. The van der Waals surface area contributed by atoms with E-state index in [0.29, 0.717) is 41.0 Å².